The number of ketones is 1. The topological polar surface area (TPSA) is 63.6 Å². The van der Waals surface area contributed by atoms with Crippen LogP contribution >= 0.6 is 0 Å². The molecule has 1 N–H and O–H groups in total. The van der Waals surface area contributed by atoms with Gasteiger partial charge in [-0.15, -0.1) is 0 Å². The zero-order valence-corrected chi connectivity index (χ0v) is 16.9. The van der Waals surface area contributed by atoms with Crippen LogP contribution in [-0.2, 0) is 14.3 Å². The summed E-state index contributed by atoms with van der Waals surface area (Å²) in [4.78, 5) is 24.4. The molecule has 5 unspecified atom stereocenters. The van der Waals surface area contributed by atoms with Gasteiger partial charge in [0.2, 0.25) is 0 Å². The number of aliphatic hydroxyl groups is 1. The third-order valence-electron chi connectivity index (χ3n) is 7.83. The van der Waals surface area contributed by atoms with E-state index in [1.54, 1.807) is 0 Å². The molecular formula is C22H34O4. The summed E-state index contributed by atoms with van der Waals surface area (Å²) >= 11 is 0. The fraction of sp³-hybridized carbons (Fsp3) is 0.818. The van der Waals surface area contributed by atoms with Crippen molar-refractivity contribution in [2.45, 2.75) is 78.7 Å². The van der Waals surface area contributed by atoms with Crippen LogP contribution in [0, 0.1) is 28.6 Å². The molecule has 0 aliphatic heterocycles. The molecule has 2 saturated carbocycles. The summed E-state index contributed by atoms with van der Waals surface area (Å²) in [6.45, 7) is 10.4. The minimum atomic E-state index is -0.861. The summed E-state index contributed by atoms with van der Waals surface area (Å²) in [6, 6.07) is 0. The smallest absolute Gasteiger partial charge is 0.302 e. The Kier molecular flexibility index (Phi) is 4.88. The standard InChI is InChI=1S/C22H34O4/c1-14(2)22(25)10-7-17-16(12-22)18(24)11-19-20(4,13-26-15(3)23)8-6-9-21(17,19)5/h12,14,17,19,25H,6-11,13H2,1-5H3. The lowest BCUT2D eigenvalue weighted by Crippen LogP contribution is -2.56. The maximum absolute atomic E-state index is 13.1. The van der Waals surface area contributed by atoms with Gasteiger partial charge in [0.25, 0.3) is 0 Å². The minimum Gasteiger partial charge on any atom is -0.465 e. The van der Waals surface area contributed by atoms with E-state index in [-0.39, 0.29) is 40.3 Å². The van der Waals surface area contributed by atoms with Gasteiger partial charge in [-0.3, -0.25) is 9.59 Å². The van der Waals surface area contributed by atoms with Gasteiger partial charge in [-0.1, -0.05) is 34.1 Å². The number of carbonyl (C=O) groups is 2. The first-order valence-corrected chi connectivity index (χ1v) is 10.1. The zero-order chi connectivity index (χ0) is 19.3. The number of carbonyl (C=O) groups excluding carboxylic acids is 2. The van der Waals surface area contributed by atoms with Crippen molar-refractivity contribution in [2.75, 3.05) is 6.61 Å². The van der Waals surface area contributed by atoms with E-state index in [0.717, 1.165) is 37.7 Å². The Bertz CT molecular complexity index is 636. The SMILES string of the molecule is CC(=O)OCC1(C)CCCC2(C)C3CCC(O)(C(C)C)C=C3C(=O)CC12. The molecule has 3 aliphatic rings. The van der Waals surface area contributed by atoms with Crippen LogP contribution in [0.5, 0.6) is 0 Å². The molecule has 2 fully saturated rings. The van der Waals surface area contributed by atoms with Gasteiger partial charge in [-0.2, -0.15) is 0 Å². The Morgan fingerprint density at radius 1 is 1.31 bits per heavy atom. The Morgan fingerprint density at radius 2 is 2.00 bits per heavy atom. The van der Waals surface area contributed by atoms with Gasteiger partial charge < -0.3 is 9.84 Å². The lowest BCUT2D eigenvalue weighted by Gasteiger charge is -2.59. The van der Waals surface area contributed by atoms with Crippen molar-refractivity contribution in [2.24, 2.45) is 28.6 Å². The highest BCUT2D eigenvalue weighted by atomic mass is 16.5. The second-order valence-electron chi connectivity index (χ2n) is 9.81. The van der Waals surface area contributed by atoms with Crippen molar-refractivity contribution in [1.82, 2.24) is 0 Å². The average Bonchev–Trinajstić information content (AvgIpc) is 2.55. The van der Waals surface area contributed by atoms with Crippen LogP contribution in [-0.4, -0.2) is 29.1 Å². The van der Waals surface area contributed by atoms with E-state index in [1.165, 1.54) is 6.92 Å². The number of Topliss-reactive ketones (excluding diaryl/α,β-unsaturated/α-hetero) is 1. The Morgan fingerprint density at radius 3 is 2.62 bits per heavy atom. The van der Waals surface area contributed by atoms with E-state index in [1.807, 2.05) is 19.9 Å². The number of hydrogen-bond donors (Lipinski definition) is 1. The molecule has 4 nitrogen and oxygen atoms in total. The highest BCUT2D eigenvalue weighted by Gasteiger charge is 2.58. The molecule has 3 rings (SSSR count). The van der Waals surface area contributed by atoms with Gasteiger partial charge in [-0.05, 0) is 60.5 Å². The van der Waals surface area contributed by atoms with Crippen molar-refractivity contribution in [3.05, 3.63) is 11.6 Å². The Hall–Kier alpha value is -1.16. The summed E-state index contributed by atoms with van der Waals surface area (Å²) in [5, 5.41) is 10.9. The van der Waals surface area contributed by atoms with Gasteiger partial charge in [-0.25, -0.2) is 0 Å². The molecule has 0 bridgehead atoms. The average molecular weight is 363 g/mol. The third kappa shape index (κ3) is 3.04. The summed E-state index contributed by atoms with van der Waals surface area (Å²) in [7, 11) is 0. The van der Waals surface area contributed by atoms with Crippen LogP contribution in [0.25, 0.3) is 0 Å². The maximum atomic E-state index is 13.1. The van der Waals surface area contributed by atoms with Gasteiger partial charge in [0.15, 0.2) is 5.78 Å². The van der Waals surface area contributed by atoms with E-state index in [9.17, 15) is 14.7 Å². The first-order chi connectivity index (χ1) is 12.0. The normalized spacial score (nSPS) is 42.7. The summed E-state index contributed by atoms with van der Waals surface area (Å²) in [5.74, 6) is 0.482. The molecule has 5 atom stereocenters. The van der Waals surface area contributed by atoms with Gasteiger partial charge in [0.05, 0.1) is 12.2 Å². The van der Waals surface area contributed by atoms with Gasteiger partial charge in [0, 0.05) is 18.8 Å². The molecular weight excluding hydrogens is 328 g/mol. The molecule has 0 aromatic carbocycles. The fourth-order valence-corrected chi connectivity index (χ4v) is 6.05. The molecule has 4 heteroatoms. The molecule has 0 spiro atoms. The molecule has 0 heterocycles. The number of ether oxygens (including phenoxy) is 1. The molecule has 0 radical (unpaired) electrons. The molecule has 0 aromatic rings. The number of fused-ring (bicyclic) bond motifs is 3. The van der Waals surface area contributed by atoms with E-state index < -0.39 is 5.60 Å². The summed E-state index contributed by atoms with van der Waals surface area (Å²) in [6.07, 6.45) is 7.17. The molecule has 146 valence electrons. The molecule has 3 aliphatic carbocycles. The van der Waals surface area contributed by atoms with E-state index in [4.69, 9.17) is 4.74 Å². The lowest BCUT2D eigenvalue weighted by molar-refractivity contribution is -0.155. The fourth-order valence-electron chi connectivity index (χ4n) is 6.05. The number of hydrogen-bond acceptors (Lipinski definition) is 4. The molecule has 0 amide bonds. The Labute approximate surface area is 157 Å². The summed E-state index contributed by atoms with van der Waals surface area (Å²) in [5.41, 5.74) is -0.111. The highest BCUT2D eigenvalue weighted by Crippen LogP contribution is 2.62. The summed E-state index contributed by atoms with van der Waals surface area (Å²) < 4.78 is 5.41. The van der Waals surface area contributed by atoms with E-state index in [2.05, 4.69) is 13.8 Å². The second-order valence-corrected chi connectivity index (χ2v) is 9.81. The van der Waals surface area contributed by atoms with Crippen LogP contribution in [0.1, 0.15) is 73.1 Å². The monoisotopic (exact) mass is 362 g/mol. The van der Waals surface area contributed by atoms with Crippen molar-refractivity contribution >= 4 is 11.8 Å². The number of rotatable bonds is 3. The first-order valence-electron chi connectivity index (χ1n) is 10.1. The Balaban J connectivity index is 1.96. The first kappa shape index (κ1) is 19.6. The van der Waals surface area contributed by atoms with Crippen LogP contribution in [0.3, 0.4) is 0 Å². The van der Waals surface area contributed by atoms with E-state index in [0.29, 0.717) is 13.0 Å². The third-order valence-corrected chi connectivity index (χ3v) is 7.83. The van der Waals surface area contributed by atoms with Crippen LogP contribution in [0.4, 0.5) is 0 Å². The minimum absolute atomic E-state index is 0.0329. The van der Waals surface area contributed by atoms with Gasteiger partial charge >= 0.3 is 5.97 Å². The van der Waals surface area contributed by atoms with Crippen LogP contribution in [0.2, 0.25) is 0 Å². The number of allylic oxidation sites excluding steroid dienone is 1. The lowest BCUT2D eigenvalue weighted by atomic mass is 9.45. The predicted octanol–water partition coefficient (Wildman–Crippen LogP) is 4.06. The molecule has 0 aromatic heterocycles. The zero-order valence-electron chi connectivity index (χ0n) is 16.9. The van der Waals surface area contributed by atoms with Gasteiger partial charge in [0.1, 0.15) is 0 Å². The second kappa shape index (κ2) is 6.47. The molecule has 0 saturated heterocycles. The van der Waals surface area contributed by atoms with E-state index >= 15 is 0 Å². The van der Waals surface area contributed by atoms with Crippen LogP contribution < -0.4 is 0 Å². The number of esters is 1. The highest BCUT2D eigenvalue weighted by molar-refractivity contribution is 5.97. The van der Waals surface area contributed by atoms with Crippen molar-refractivity contribution in [3.63, 3.8) is 0 Å². The van der Waals surface area contributed by atoms with Crippen LogP contribution in [0.15, 0.2) is 11.6 Å². The van der Waals surface area contributed by atoms with Crippen molar-refractivity contribution in [3.8, 4) is 0 Å². The van der Waals surface area contributed by atoms with Crippen molar-refractivity contribution in [1.29, 1.82) is 0 Å². The quantitative estimate of drug-likeness (QED) is 0.769. The largest absolute Gasteiger partial charge is 0.465 e. The predicted molar refractivity (Wildman–Crippen MR) is 100 cm³/mol. The van der Waals surface area contributed by atoms with Crippen molar-refractivity contribution < 1.29 is 19.4 Å². The molecule has 26 heavy (non-hydrogen) atoms. The maximum Gasteiger partial charge on any atom is 0.302 e.